The molecule has 1 fully saturated rings. The monoisotopic (exact) mass is 469 g/mol. The normalized spacial score (nSPS) is 17.8. The highest BCUT2D eigenvalue weighted by molar-refractivity contribution is 5.86. The Morgan fingerprint density at radius 3 is 2.27 bits per heavy atom. The van der Waals surface area contributed by atoms with Crippen molar-refractivity contribution in [1.82, 2.24) is 15.5 Å². The average Bonchev–Trinajstić information content (AvgIpc) is 2.69. The summed E-state index contributed by atoms with van der Waals surface area (Å²) in [5, 5.41) is 16.8. The van der Waals surface area contributed by atoms with Crippen LogP contribution in [0, 0.1) is 17.0 Å². The summed E-state index contributed by atoms with van der Waals surface area (Å²) in [6.45, 7) is 8.87. The number of nitrogens with zero attached hydrogens (tertiary/aromatic N) is 1. The van der Waals surface area contributed by atoms with Crippen LogP contribution >= 0.6 is 0 Å². The molecule has 186 valence electrons. The molecule has 0 aliphatic carbocycles. The van der Waals surface area contributed by atoms with Gasteiger partial charge in [0, 0.05) is 46.3 Å². The number of benzene rings is 1. The van der Waals surface area contributed by atoms with Crippen molar-refractivity contribution in [2.75, 3.05) is 33.4 Å². The SMILES string of the molecule is CC(=O)N[C@@H](Cc1cc(F)cc(F)c1)[C@H](O)CNC1(C(=O)N(C)CC(C)(C)C)CCOCC1. The molecule has 0 unspecified atom stereocenters. The predicted molar refractivity (Wildman–Crippen MR) is 122 cm³/mol. The first-order valence-corrected chi connectivity index (χ1v) is 11.3. The fourth-order valence-electron chi connectivity index (χ4n) is 4.30. The van der Waals surface area contributed by atoms with Crippen molar-refractivity contribution in [3.8, 4) is 0 Å². The Balaban J connectivity index is 2.15. The second-order valence-electron chi connectivity index (χ2n) is 10.2. The Morgan fingerprint density at radius 2 is 1.76 bits per heavy atom. The molecule has 1 saturated heterocycles. The summed E-state index contributed by atoms with van der Waals surface area (Å²) in [5.74, 6) is -1.91. The van der Waals surface area contributed by atoms with Gasteiger partial charge in [-0.3, -0.25) is 9.59 Å². The number of ether oxygens (including phenoxy) is 1. The van der Waals surface area contributed by atoms with Crippen LogP contribution in [-0.4, -0.2) is 72.9 Å². The molecule has 0 aromatic heterocycles. The van der Waals surface area contributed by atoms with Crippen molar-refractivity contribution in [2.24, 2.45) is 5.41 Å². The molecular formula is C24H37F2N3O4. The molecule has 33 heavy (non-hydrogen) atoms. The molecule has 1 aromatic rings. The maximum absolute atomic E-state index is 13.6. The summed E-state index contributed by atoms with van der Waals surface area (Å²) in [6.07, 6.45) is -0.161. The topological polar surface area (TPSA) is 90.9 Å². The molecule has 3 N–H and O–H groups in total. The molecule has 1 aromatic carbocycles. The maximum Gasteiger partial charge on any atom is 0.242 e. The van der Waals surface area contributed by atoms with E-state index >= 15 is 0 Å². The zero-order valence-corrected chi connectivity index (χ0v) is 20.2. The lowest BCUT2D eigenvalue weighted by Crippen LogP contribution is -2.63. The van der Waals surface area contributed by atoms with Crippen LogP contribution in [0.4, 0.5) is 8.78 Å². The van der Waals surface area contributed by atoms with Crippen molar-refractivity contribution in [2.45, 2.75) is 64.6 Å². The van der Waals surface area contributed by atoms with Crippen molar-refractivity contribution in [3.05, 3.63) is 35.4 Å². The van der Waals surface area contributed by atoms with Crippen molar-refractivity contribution in [3.63, 3.8) is 0 Å². The van der Waals surface area contributed by atoms with Gasteiger partial charge in [-0.1, -0.05) is 20.8 Å². The number of likely N-dealkylation sites (N-methyl/N-ethyl adjacent to an activating group) is 1. The Bertz CT molecular complexity index is 802. The number of β-amino-alcohol motifs (C(OH)–C–C–N with tert-alkyl or cyclic N) is 1. The van der Waals surface area contributed by atoms with Crippen LogP contribution in [0.1, 0.15) is 46.1 Å². The van der Waals surface area contributed by atoms with Gasteiger partial charge in [-0.2, -0.15) is 0 Å². The zero-order chi connectivity index (χ0) is 24.8. The van der Waals surface area contributed by atoms with Gasteiger partial charge in [-0.15, -0.1) is 0 Å². The molecule has 0 radical (unpaired) electrons. The number of amides is 2. The highest BCUT2D eigenvalue weighted by atomic mass is 19.1. The molecule has 1 heterocycles. The number of carbonyl (C=O) groups is 2. The first-order chi connectivity index (χ1) is 15.3. The van der Waals surface area contributed by atoms with E-state index in [0.29, 0.717) is 38.2 Å². The molecule has 1 aliphatic heterocycles. The van der Waals surface area contributed by atoms with Crippen molar-refractivity contribution < 1.29 is 28.2 Å². The molecule has 0 bridgehead atoms. The summed E-state index contributed by atoms with van der Waals surface area (Å²) in [6, 6.07) is 2.31. The average molecular weight is 470 g/mol. The first kappa shape index (κ1) is 27.1. The predicted octanol–water partition coefficient (Wildman–Crippen LogP) is 2.02. The second-order valence-corrected chi connectivity index (χ2v) is 10.2. The zero-order valence-electron chi connectivity index (χ0n) is 20.2. The van der Waals surface area contributed by atoms with Gasteiger partial charge in [0.15, 0.2) is 0 Å². The molecule has 2 rings (SSSR count). The quantitative estimate of drug-likeness (QED) is 0.515. The third-order valence-electron chi connectivity index (χ3n) is 5.69. The number of halogens is 2. The number of aliphatic hydroxyl groups is 1. The highest BCUT2D eigenvalue weighted by Gasteiger charge is 2.42. The third-order valence-corrected chi connectivity index (χ3v) is 5.69. The van der Waals surface area contributed by atoms with Crippen LogP contribution in [-0.2, 0) is 20.7 Å². The van der Waals surface area contributed by atoms with Crippen LogP contribution in [0.15, 0.2) is 18.2 Å². The van der Waals surface area contributed by atoms with E-state index in [9.17, 15) is 23.5 Å². The van der Waals surface area contributed by atoms with Gasteiger partial charge in [0.05, 0.1) is 12.1 Å². The van der Waals surface area contributed by atoms with E-state index in [4.69, 9.17) is 4.74 Å². The molecule has 1 aliphatic rings. The minimum absolute atomic E-state index is 0.0117. The van der Waals surface area contributed by atoms with E-state index in [1.807, 2.05) is 0 Å². The minimum atomic E-state index is -1.10. The second kappa shape index (κ2) is 11.4. The molecule has 0 saturated carbocycles. The lowest BCUT2D eigenvalue weighted by atomic mass is 9.86. The third kappa shape index (κ3) is 8.32. The van der Waals surface area contributed by atoms with Crippen LogP contribution in [0.5, 0.6) is 0 Å². The number of hydrogen-bond donors (Lipinski definition) is 3. The number of rotatable bonds is 9. The number of hydrogen-bond acceptors (Lipinski definition) is 5. The lowest BCUT2D eigenvalue weighted by Gasteiger charge is -2.41. The van der Waals surface area contributed by atoms with Gasteiger partial charge in [0.1, 0.15) is 17.2 Å². The summed E-state index contributed by atoms with van der Waals surface area (Å²) < 4.78 is 32.7. The summed E-state index contributed by atoms with van der Waals surface area (Å²) in [4.78, 5) is 26.8. The van der Waals surface area contributed by atoms with Gasteiger partial charge < -0.3 is 25.4 Å². The van der Waals surface area contributed by atoms with E-state index in [-0.39, 0.29) is 30.2 Å². The Kier molecular flexibility index (Phi) is 9.34. The van der Waals surface area contributed by atoms with E-state index in [1.54, 1.807) is 11.9 Å². The number of carbonyl (C=O) groups excluding carboxylic acids is 2. The fraction of sp³-hybridized carbons (Fsp3) is 0.667. The molecular weight excluding hydrogens is 432 g/mol. The van der Waals surface area contributed by atoms with Gasteiger partial charge in [0.2, 0.25) is 11.8 Å². The molecule has 9 heteroatoms. The standard InChI is InChI=1S/C24H37F2N3O4/c1-16(30)28-20(12-17-10-18(25)13-19(26)11-17)21(31)14-27-24(6-8-33-9-7-24)22(32)29(5)15-23(2,3)4/h10-11,13,20-21,27,31H,6-9,12,14-15H2,1-5H3,(H,28,30)/t20-,21+/m0/s1. The van der Waals surface area contributed by atoms with Gasteiger partial charge in [-0.05, 0) is 42.4 Å². The summed E-state index contributed by atoms with van der Waals surface area (Å²) in [5.41, 5.74) is -0.662. The largest absolute Gasteiger partial charge is 0.390 e. The highest BCUT2D eigenvalue weighted by Crippen LogP contribution is 2.25. The minimum Gasteiger partial charge on any atom is -0.390 e. The molecule has 2 atom stereocenters. The van der Waals surface area contributed by atoms with E-state index in [1.165, 1.54) is 19.1 Å². The van der Waals surface area contributed by atoms with E-state index in [2.05, 4.69) is 31.4 Å². The van der Waals surface area contributed by atoms with Crippen LogP contribution in [0.2, 0.25) is 0 Å². The summed E-state index contributed by atoms with van der Waals surface area (Å²) in [7, 11) is 1.77. The first-order valence-electron chi connectivity index (χ1n) is 11.3. The molecule has 2 amide bonds. The number of aliphatic hydroxyl groups excluding tert-OH is 1. The summed E-state index contributed by atoms with van der Waals surface area (Å²) >= 11 is 0. The van der Waals surface area contributed by atoms with Gasteiger partial charge in [0.25, 0.3) is 0 Å². The van der Waals surface area contributed by atoms with Crippen LogP contribution in [0.3, 0.4) is 0 Å². The number of nitrogens with one attached hydrogen (secondary N) is 2. The van der Waals surface area contributed by atoms with Crippen molar-refractivity contribution in [1.29, 1.82) is 0 Å². The van der Waals surface area contributed by atoms with E-state index < -0.39 is 29.3 Å². The van der Waals surface area contributed by atoms with Crippen molar-refractivity contribution >= 4 is 11.8 Å². The Labute approximate surface area is 194 Å². The van der Waals surface area contributed by atoms with Gasteiger partial charge in [-0.25, -0.2) is 8.78 Å². The Morgan fingerprint density at radius 1 is 1.18 bits per heavy atom. The Hall–Kier alpha value is -2.10. The molecule has 0 spiro atoms. The van der Waals surface area contributed by atoms with Gasteiger partial charge >= 0.3 is 0 Å². The van der Waals surface area contributed by atoms with Crippen LogP contribution < -0.4 is 10.6 Å². The lowest BCUT2D eigenvalue weighted by molar-refractivity contribution is -0.143. The molecule has 7 nitrogen and oxygen atoms in total. The van der Waals surface area contributed by atoms with Crippen LogP contribution in [0.25, 0.3) is 0 Å². The maximum atomic E-state index is 13.6. The fourth-order valence-corrected chi connectivity index (χ4v) is 4.30. The smallest absolute Gasteiger partial charge is 0.242 e. The van der Waals surface area contributed by atoms with E-state index in [0.717, 1.165) is 6.07 Å².